The number of halogens is 1. The zero-order valence-corrected chi connectivity index (χ0v) is 8.74. The van der Waals surface area contributed by atoms with Crippen LogP contribution < -0.4 is 5.73 Å². The average Bonchev–Trinajstić information content (AvgIpc) is 2.07. The van der Waals surface area contributed by atoms with Gasteiger partial charge in [-0.15, -0.1) is 0 Å². The van der Waals surface area contributed by atoms with E-state index in [1.54, 1.807) is 6.07 Å². The number of amidine groups is 1. The SMILES string of the molecule is N=C(N)Cc1ccc([N+](=O)[O-])cc1Br. The molecule has 6 heteroatoms. The van der Waals surface area contributed by atoms with Gasteiger partial charge in [0.05, 0.1) is 10.8 Å². The number of hydrogen-bond donors (Lipinski definition) is 2. The lowest BCUT2D eigenvalue weighted by molar-refractivity contribution is -0.384. The van der Waals surface area contributed by atoms with Crippen LogP contribution in [0.1, 0.15) is 5.56 Å². The predicted octanol–water partition coefficient (Wildman–Crippen LogP) is 1.84. The summed E-state index contributed by atoms with van der Waals surface area (Å²) in [6, 6.07) is 4.38. The Labute approximate surface area is 88.7 Å². The Balaban J connectivity index is 3.01. The molecule has 0 fully saturated rings. The summed E-state index contributed by atoms with van der Waals surface area (Å²) in [7, 11) is 0. The molecule has 0 spiro atoms. The van der Waals surface area contributed by atoms with Gasteiger partial charge in [0.25, 0.3) is 5.69 Å². The van der Waals surface area contributed by atoms with E-state index in [2.05, 4.69) is 15.9 Å². The maximum absolute atomic E-state index is 10.4. The Kier molecular flexibility index (Phi) is 3.19. The Morgan fingerprint density at radius 3 is 2.71 bits per heavy atom. The van der Waals surface area contributed by atoms with Crippen LogP contribution in [0.2, 0.25) is 0 Å². The highest BCUT2D eigenvalue weighted by Crippen LogP contribution is 2.23. The molecule has 0 bridgehead atoms. The van der Waals surface area contributed by atoms with E-state index in [1.165, 1.54) is 12.1 Å². The fourth-order valence-electron chi connectivity index (χ4n) is 0.998. The van der Waals surface area contributed by atoms with E-state index in [0.717, 1.165) is 5.56 Å². The second kappa shape index (κ2) is 4.19. The molecule has 0 aliphatic heterocycles. The van der Waals surface area contributed by atoms with Crippen LogP contribution in [0, 0.1) is 15.5 Å². The van der Waals surface area contributed by atoms with Crippen LogP contribution in [0.4, 0.5) is 5.69 Å². The molecule has 74 valence electrons. The third-order valence-electron chi connectivity index (χ3n) is 1.63. The number of non-ortho nitro benzene ring substituents is 1. The van der Waals surface area contributed by atoms with Gasteiger partial charge in [0.15, 0.2) is 0 Å². The molecule has 0 saturated heterocycles. The second-order valence-electron chi connectivity index (χ2n) is 2.73. The molecule has 14 heavy (non-hydrogen) atoms. The van der Waals surface area contributed by atoms with Crippen molar-refractivity contribution in [3.8, 4) is 0 Å². The molecule has 1 rings (SSSR count). The summed E-state index contributed by atoms with van der Waals surface area (Å²) >= 11 is 3.19. The number of benzene rings is 1. The lowest BCUT2D eigenvalue weighted by Crippen LogP contribution is -2.13. The average molecular weight is 258 g/mol. The number of nitrogens with two attached hydrogens (primary N) is 1. The molecule has 1 aromatic carbocycles. The van der Waals surface area contributed by atoms with Crippen LogP contribution >= 0.6 is 15.9 Å². The fourth-order valence-corrected chi connectivity index (χ4v) is 1.51. The van der Waals surface area contributed by atoms with Crippen LogP contribution in [0.15, 0.2) is 22.7 Å². The highest BCUT2D eigenvalue weighted by molar-refractivity contribution is 9.10. The van der Waals surface area contributed by atoms with Crippen molar-refractivity contribution in [2.75, 3.05) is 0 Å². The molecule has 0 saturated carbocycles. The summed E-state index contributed by atoms with van der Waals surface area (Å²) in [5.41, 5.74) is 6.00. The lowest BCUT2D eigenvalue weighted by Gasteiger charge is -2.02. The van der Waals surface area contributed by atoms with Crippen molar-refractivity contribution < 1.29 is 4.92 Å². The van der Waals surface area contributed by atoms with E-state index in [9.17, 15) is 10.1 Å². The summed E-state index contributed by atoms with van der Waals surface area (Å²) in [4.78, 5) is 9.93. The van der Waals surface area contributed by atoms with Gasteiger partial charge in [0.1, 0.15) is 0 Å². The summed E-state index contributed by atoms with van der Waals surface area (Å²) in [6.07, 6.45) is 0.290. The minimum absolute atomic E-state index is 0.0178. The van der Waals surface area contributed by atoms with Crippen molar-refractivity contribution in [3.05, 3.63) is 38.3 Å². The maximum Gasteiger partial charge on any atom is 0.270 e. The van der Waals surface area contributed by atoms with Gasteiger partial charge >= 0.3 is 0 Å². The number of nitrogens with one attached hydrogen (secondary N) is 1. The predicted molar refractivity (Wildman–Crippen MR) is 56.4 cm³/mol. The Bertz CT molecular complexity index is 392. The molecular weight excluding hydrogens is 250 g/mol. The van der Waals surface area contributed by atoms with E-state index >= 15 is 0 Å². The Hall–Kier alpha value is -1.43. The molecule has 1 aromatic rings. The minimum Gasteiger partial charge on any atom is -0.387 e. The van der Waals surface area contributed by atoms with Crippen LogP contribution in [0.25, 0.3) is 0 Å². The highest BCUT2D eigenvalue weighted by atomic mass is 79.9. The van der Waals surface area contributed by atoms with E-state index in [-0.39, 0.29) is 11.5 Å². The first kappa shape index (κ1) is 10.6. The first-order valence-corrected chi connectivity index (χ1v) is 4.55. The van der Waals surface area contributed by atoms with Gasteiger partial charge < -0.3 is 5.73 Å². The van der Waals surface area contributed by atoms with Crippen molar-refractivity contribution in [2.45, 2.75) is 6.42 Å². The summed E-state index contributed by atoms with van der Waals surface area (Å²) < 4.78 is 0.599. The van der Waals surface area contributed by atoms with Crippen molar-refractivity contribution in [1.29, 1.82) is 5.41 Å². The van der Waals surface area contributed by atoms with E-state index in [1.807, 2.05) is 0 Å². The summed E-state index contributed by atoms with van der Waals surface area (Å²) in [6.45, 7) is 0. The van der Waals surface area contributed by atoms with Crippen LogP contribution in [-0.4, -0.2) is 10.8 Å². The molecule has 0 aliphatic carbocycles. The zero-order valence-electron chi connectivity index (χ0n) is 7.16. The number of nitrogens with zero attached hydrogens (tertiary/aromatic N) is 1. The Morgan fingerprint density at radius 2 is 2.29 bits per heavy atom. The topological polar surface area (TPSA) is 93.0 Å². The molecular formula is C8H8BrN3O2. The van der Waals surface area contributed by atoms with Gasteiger partial charge in [-0.05, 0) is 5.56 Å². The normalized spacial score (nSPS) is 9.79. The largest absolute Gasteiger partial charge is 0.387 e. The fraction of sp³-hybridized carbons (Fsp3) is 0.125. The smallest absolute Gasteiger partial charge is 0.270 e. The molecule has 0 amide bonds. The van der Waals surface area contributed by atoms with Gasteiger partial charge in [0, 0.05) is 23.0 Å². The molecule has 5 nitrogen and oxygen atoms in total. The number of rotatable bonds is 3. The van der Waals surface area contributed by atoms with E-state index < -0.39 is 4.92 Å². The van der Waals surface area contributed by atoms with Gasteiger partial charge in [-0.3, -0.25) is 15.5 Å². The molecule has 0 unspecified atom stereocenters. The van der Waals surface area contributed by atoms with Crippen LogP contribution in [-0.2, 0) is 6.42 Å². The number of nitro groups is 1. The zero-order chi connectivity index (χ0) is 10.7. The Morgan fingerprint density at radius 1 is 1.64 bits per heavy atom. The molecule has 0 atom stereocenters. The summed E-state index contributed by atoms with van der Waals surface area (Å²) in [5, 5.41) is 17.5. The third-order valence-corrected chi connectivity index (χ3v) is 2.37. The highest BCUT2D eigenvalue weighted by Gasteiger charge is 2.09. The molecule has 0 heterocycles. The first-order chi connectivity index (χ1) is 6.50. The van der Waals surface area contributed by atoms with Crippen molar-refractivity contribution in [1.82, 2.24) is 0 Å². The second-order valence-corrected chi connectivity index (χ2v) is 3.59. The molecule has 0 radical (unpaired) electrons. The minimum atomic E-state index is -0.470. The van der Waals surface area contributed by atoms with Crippen molar-refractivity contribution in [2.24, 2.45) is 5.73 Å². The number of hydrogen-bond acceptors (Lipinski definition) is 3. The molecule has 0 aromatic heterocycles. The van der Waals surface area contributed by atoms with Crippen LogP contribution in [0.3, 0.4) is 0 Å². The van der Waals surface area contributed by atoms with Gasteiger partial charge in [-0.1, -0.05) is 22.0 Å². The van der Waals surface area contributed by atoms with Crippen molar-refractivity contribution >= 4 is 27.5 Å². The third kappa shape index (κ3) is 2.53. The lowest BCUT2D eigenvalue weighted by atomic mass is 10.1. The monoisotopic (exact) mass is 257 g/mol. The van der Waals surface area contributed by atoms with E-state index in [0.29, 0.717) is 10.9 Å². The van der Waals surface area contributed by atoms with Gasteiger partial charge in [-0.2, -0.15) is 0 Å². The standard InChI is InChI=1S/C8H8BrN3O2/c9-7-4-6(12(13)14)2-1-5(7)3-8(10)11/h1-2,4H,3H2,(H3,10,11). The van der Waals surface area contributed by atoms with Crippen molar-refractivity contribution in [3.63, 3.8) is 0 Å². The quantitative estimate of drug-likeness (QED) is 0.375. The van der Waals surface area contributed by atoms with E-state index in [4.69, 9.17) is 11.1 Å². The summed E-state index contributed by atoms with van der Waals surface area (Å²) in [5.74, 6) is 0.0274. The van der Waals surface area contributed by atoms with Crippen LogP contribution in [0.5, 0.6) is 0 Å². The molecule has 3 N–H and O–H groups in total. The number of nitro benzene ring substituents is 1. The first-order valence-electron chi connectivity index (χ1n) is 3.76. The van der Waals surface area contributed by atoms with Gasteiger partial charge in [-0.25, -0.2) is 0 Å². The maximum atomic E-state index is 10.4. The molecule has 0 aliphatic rings. The van der Waals surface area contributed by atoms with Gasteiger partial charge in [0.2, 0.25) is 0 Å².